The van der Waals surface area contributed by atoms with Crippen LogP contribution in [0.25, 0.3) is 0 Å². The minimum Gasteiger partial charge on any atom is -0.373 e. The molecule has 0 fully saturated rings. The molecule has 0 amide bonds. The molecule has 76 valence electrons. The Morgan fingerprint density at radius 1 is 1.36 bits per heavy atom. The fourth-order valence-corrected chi connectivity index (χ4v) is 1.66. The molecule has 0 aromatic heterocycles. The standard InChI is InChI=1S/C10H10F3N/c1-6-2-3-7-5-9(10(11,12)13)14-8(7)4-6/h2-4,9,14H,5H2,1H3/t9-/m0/s1. The average Bonchev–Trinajstić information content (AvgIpc) is 2.45. The third-order valence-electron chi connectivity index (χ3n) is 2.41. The lowest BCUT2D eigenvalue weighted by molar-refractivity contribution is -0.140. The van der Waals surface area contributed by atoms with Crippen molar-refractivity contribution in [3.05, 3.63) is 29.3 Å². The number of hydrogen-bond acceptors (Lipinski definition) is 1. The summed E-state index contributed by atoms with van der Waals surface area (Å²) in [5, 5.41) is 2.49. The molecular formula is C10H10F3N. The van der Waals surface area contributed by atoms with Gasteiger partial charge < -0.3 is 5.32 Å². The Labute approximate surface area is 79.9 Å². The molecule has 0 aliphatic carbocycles. The Balaban J connectivity index is 2.26. The summed E-state index contributed by atoms with van der Waals surface area (Å²) in [6.45, 7) is 1.86. The highest BCUT2D eigenvalue weighted by Crippen LogP contribution is 2.34. The van der Waals surface area contributed by atoms with E-state index >= 15 is 0 Å². The van der Waals surface area contributed by atoms with Crippen LogP contribution in [0.3, 0.4) is 0 Å². The van der Waals surface area contributed by atoms with Crippen LogP contribution in [0.15, 0.2) is 18.2 Å². The lowest BCUT2D eigenvalue weighted by Gasteiger charge is -2.14. The molecule has 0 saturated heterocycles. The molecule has 1 aromatic carbocycles. The number of anilines is 1. The van der Waals surface area contributed by atoms with Crippen molar-refractivity contribution in [1.29, 1.82) is 0 Å². The summed E-state index contributed by atoms with van der Waals surface area (Å²) in [5.74, 6) is 0. The number of fused-ring (bicyclic) bond motifs is 1. The van der Waals surface area contributed by atoms with Crippen LogP contribution in [0.2, 0.25) is 0 Å². The van der Waals surface area contributed by atoms with Gasteiger partial charge in [-0.05, 0) is 24.1 Å². The Hall–Kier alpha value is -1.19. The van der Waals surface area contributed by atoms with Gasteiger partial charge in [0.25, 0.3) is 0 Å². The van der Waals surface area contributed by atoms with E-state index in [1.54, 1.807) is 12.1 Å². The van der Waals surface area contributed by atoms with Crippen molar-refractivity contribution >= 4 is 5.69 Å². The molecule has 0 spiro atoms. The van der Waals surface area contributed by atoms with E-state index in [9.17, 15) is 13.2 Å². The first-order valence-electron chi connectivity index (χ1n) is 4.39. The maximum atomic E-state index is 12.4. The summed E-state index contributed by atoms with van der Waals surface area (Å²) >= 11 is 0. The molecule has 0 unspecified atom stereocenters. The Morgan fingerprint density at radius 3 is 2.71 bits per heavy atom. The van der Waals surface area contributed by atoms with E-state index in [2.05, 4.69) is 5.32 Å². The third kappa shape index (κ3) is 1.56. The second-order valence-electron chi connectivity index (χ2n) is 3.60. The molecule has 0 bridgehead atoms. The second-order valence-corrected chi connectivity index (χ2v) is 3.60. The van der Waals surface area contributed by atoms with Crippen LogP contribution < -0.4 is 5.32 Å². The summed E-state index contributed by atoms with van der Waals surface area (Å²) < 4.78 is 37.1. The highest BCUT2D eigenvalue weighted by molar-refractivity contribution is 5.58. The van der Waals surface area contributed by atoms with Crippen molar-refractivity contribution in [3.63, 3.8) is 0 Å². The van der Waals surface area contributed by atoms with Crippen molar-refractivity contribution in [1.82, 2.24) is 0 Å². The lowest BCUT2D eigenvalue weighted by atomic mass is 10.1. The van der Waals surface area contributed by atoms with Crippen LogP contribution in [0.5, 0.6) is 0 Å². The molecule has 0 radical (unpaired) electrons. The molecule has 14 heavy (non-hydrogen) atoms. The van der Waals surface area contributed by atoms with Gasteiger partial charge in [0.05, 0.1) is 0 Å². The zero-order chi connectivity index (χ0) is 10.3. The van der Waals surface area contributed by atoms with Crippen LogP contribution in [-0.2, 0) is 6.42 Å². The summed E-state index contributed by atoms with van der Waals surface area (Å²) in [6, 6.07) is 3.92. The van der Waals surface area contributed by atoms with E-state index in [0.717, 1.165) is 11.1 Å². The molecule has 1 aliphatic rings. The van der Waals surface area contributed by atoms with Gasteiger partial charge in [-0.15, -0.1) is 0 Å². The molecule has 1 aromatic rings. The van der Waals surface area contributed by atoms with Crippen LogP contribution in [0, 0.1) is 6.92 Å². The first kappa shape index (κ1) is 9.37. The van der Waals surface area contributed by atoms with Gasteiger partial charge in [-0.25, -0.2) is 0 Å². The second kappa shape index (κ2) is 2.90. The summed E-state index contributed by atoms with van der Waals surface area (Å²) in [6.07, 6.45) is -4.12. The lowest BCUT2D eigenvalue weighted by Crippen LogP contribution is -2.34. The first-order chi connectivity index (χ1) is 6.47. The van der Waals surface area contributed by atoms with Crippen molar-refractivity contribution in [2.45, 2.75) is 25.6 Å². The molecule has 0 saturated carbocycles. The van der Waals surface area contributed by atoms with Crippen molar-refractivity contribution < 1.29 is 13.2 Å². The Morgan fingerprint density at radius 2 is 2.07 bits per heavy atom. The van der Waals surface area contributed by atoms with Gasteiger partial charge in [-0.3, -0.25) is 0 Å². The number of benzene rings is 1. The van der Waals surface area contributed by atoms with Gasteiger partial charge in [-0.1, -0.05) is 12.1 Å². The van der Waals surface area contributed by atoms with Gasteiger partial charge >= 0.3 is 6.18 Å². The van der Waals surface area contributed by atoms with E-state index in [1.807, 2.05) is 13.0 Å². The van der Waals surface area contributed by atoms with E-state index in [0.29, 0.717) is 5.69 Å². The predicted octanol–water partition coefficient (Wildman–Crippen LogP) is 2.89. The summed E-state index contributed by atoms with van der Waals surface area (Å²) in [5.41, 5.74) is 2.34. The van der Waals surface area contributed by atoms with Crippen molar-refractivity contribution in [3.8, 4) is 0 Å². The first-order valence-corrected chi connectivity index (χ1v) is 4.39. The molecule has 1 atom stereocenters. The minimum absolute atomic E-state index is 0.0408. The quantitative estimate of drug-likeness (QED) is 0.680. The van der Waals surface area contributed by atoms with Gasteiger partial charge in [0, 0.05) is 12.1 Å². The minimum atomic E-state index is -4.16. The monoisotopic (exact) mass is 201 g/mol. The molecular weight excluding hydrogens is 191 g/mol. The third-order valence-corrected chi connectivity index (χ3v) is 2.41. The highest BCUT2D eigenvalue weighted by Gasteiger charge is 2.42. The van der Waals surface area contributed by atoms with Crippen LogP contribution in [0.1, 0.15) is 11.1 Å². The van der Waals surface area contributed by atoms with Crippen LogP contribution >= 0.6 is 0 Å². The fourth-order valence-electron chi connectivity index (χ4n) is 1.66. The number of halogens is 3. The van der Waals surface area contributed by atoms with E-state index in [4.69, 9.17) is 0 Å². The number of rotatable bonds is 0. The van der Waals surface area contributed by atoms with Crippen LogP contribution in [0.4, 0.5) is 18.9 Å². The number of alkyl halides is 3. The van der Waals surface area contributed by atoms with Crippen molar-refractivity contribution in [2.24, 2.45) is 0 Å². The smallest absolute Gasteiger partial charge is 0.373 e. The molecule has 1 N–H and O–H groups in total. The average molecular weight is 201 g/mol. The maximum absolute atomic E-state index is 12.4. The highest BCUT2D eigenvalue weighted by atomic mass is 19.4. The Bertz CT molecular complexity index is 357. The van der Waals surface area contributed by atoms with E-state index in [-0.39, 0.29) is 6.42 Å². The largest absolute Gasteiger partial charge is 0.408 e. The number of hydrogen-bond donors (Lipinski definition) is 1. The van der Waals surface area contributed by atoms with Gasteiger partial charge in [-0.2, -0.15) is 13.2 Å². The number of aryl methyl sites for hydroxylation is 1. The summed E-state index contributed by atoms with van der Waals surface area (Å²) in [4.78, 5) is 0. The molecule has 1 nitrogen and oxygen atoms in total. The topological polar surface area (TPSA) is 12.0 Å². The molecule has 1 heterocycles. The SMILES string of the molecule is Cc1ccc2c(c1)N[C@H](C(F)(F)F)C2. The predicted molar refractivity (Wildman–Crippen MR) is 48.3 cm³/mol. The zero-order valence-electron chi connectivity index (χ0n) is 7.65. The summed E-state index contributed by atoms with van der Waals surface area (Å²) in [7, 11) is 0. The van der Waals surface area contributed by atoms with Gasteiger partial charge in [0.2, 0.25) is 0 Å². The molecule has 2 rings (SSSR count). The van der Waals surface area contributed by atoms with E-state index in [1.165, 1.54) is 0 Å². The van der Waals surface area contributed by atoms with E-state index < -0.39 is 12.2 Å². The normalized spacial score (nSPS) is 20.4. The maximum Gasteiger partial charge on any atom is 0.408 e. The van der Waals surface area contributed by atoms with Gasteiger partial charge in [0.1, 0.15) is 6.04 Å². The van der Waals surface area contributed by atoms with Crippen LogP contribution in [-0.4, -0.2) is 12.2 Å². The van der Waals surface area contributed by atoms with Gasteiger partial charge in [0.15, 0.2) is 0 Å². The Kier molecular flexibility index (Phi) is 1.94. The van der Waals surface area contributed by atoms with Crippen molar-refractivity contribution in [2.75, 3.05) is 5.32 Å². The zero-order valence-corrected chi connectivity index (χ0v) is 7.65. The molecule has 4 heteroatoms. The fraction of sp³-hybridized carbons (Fsp3) is 0.400. The molecule has 1 aliphatic heterocycles. The number of nitrogens with one attached hydrogen (secondary N) is 1.